The van der Waals surface area contributed by atoms with Gasteiger partial charge >= 0.3 is 6.61 Å². The van der Waals surface area contributed by atoms with E-state index in [-0.39, 0.29) is 28.8 Å². The first-order valence-corrected chi connectivity index (χ1v) is 13.9. The van der Waals surface area contributed by atoms with Crippen LogP contribution in [0.3, 0.4) is 0 Å². The first-order chi connectivity index (χ1) is 21.0. The van der Waals surface area contributed by atoms with Crippen molar-refractivity contribution in [1.29, 1.82) is 0 Å². The second-order valence-electron chi connectivity index (χ2n) is 10.5. The van der Waals surface area contributed by atoms with E-state index < -0.39 is 41.0 Å². The van der Waals surface area contributed by atoms with Crippen LogP contribution in [0.2, 0.25) is 5.02 Å². The number of benzene rings is 3. The van der Waals surface area contributed by atoms with E-state index in [1.807, 2.05) is 0 Å². The molecular weight excluding hydrogens is 606 g/mol. The molecule has 0 saturated carbocycles. The molecule has 2 fully saturated rings. The largest absolute Gasteiger partial charge is 0.497 e. The number of carbonyl (C=O) groups is 1. The third kappa shape index (κ3) is 5.37. The quantitative estimate of drug-likeness (QED) is 0.260. The Morgan fingerprint density at radius 3 is 2.32 bits per heavy atom. The van der Waals surface area contributed by atoms with Crippen LogP contribution in [0.4, 0.5) is 28.9 Å². The second kappa shape index (κ2) is 11.5. The number of halogens is 5. The third-order valence-electron chi connectivity index (χ3n) is 7.84. The lowest BCUT2D eigenvalue weighted by atomic mass is 10.1. The van der Waals surface area contributed by atoms with Gasteiger partial charge in [-0.25, -0.2) is 13.5 Å². The number of anilines is 2. The number of aromatic nitrogens is 2. The maximum Gasteiger partial charge on any atom is 0.387 e. The lowest BCUT2D eigenvalue weighted by Gasteiger charge is -2.30. The maximum atomic E-state index is 15.4. The molecule has 0 aliphatic carbocycles. The van der Waals surface area contributed by atoms with Gasteiger partial charge in [0.1, 0.15) is 34.5 Å². The van der Waals surface area contributed by atoms with Gasteiger partial charge in [-0.2, -0.15) is 8.78 Å². The van der Waals surface area contributed by atoms with Crippen LogP contribution in [0.25, 0.3) is 16.9 Å². The molecule has 1 amide bonds. The summed E-state index contributed by atoms with van der Waals surface area (Å²) in [7, 11) is 2.68. The van der Waals surface area contributed by atoms with Crippen LogP contribution in [0.15, 0.2) is 59.4 Å². The van der Waals surface area contributed by atoms with E-state index in [2.05, 4.69) is 20.3 Å². The minimum absolute atomic E-state index is 0.0224. The summed E-state index contributed by atoms with van der Waals surface area (Å²) in [6.45, 7) is -1.50. The predicted octanol–water partition coefficient (Wildman–Crippen LogP) is 5.19. The number of rotatable bonds is 8. The van der Waals surface area contributed by atoms with Crippen LogP contribution >= 0.6 is 11.6 Å². The number of fused-ring (bicyclic) bond motifs is 2. The molecule has 2 saturated heterocycles. The number of piperazine rings is 1. The second-order valence-corrected chi connectivity index (χ2v) is 10.9. The highest BCUT2D eigenvalue weighted by Gasteiger charge is 2.38. The number of hydrogen-bond acceptors (Lipinski definition) is 6. The molecule has 2 bridgehead atoms. The Labute approximate surface area is 253 Å². The Kier molecular flexibility index (Phi) is 7.76. The SMILES string of the molecule is COc1cc(F)c(-c2c(NC(=O)c3ccc(OC(F)F)cc3)c(=O)n(-c3cc(Cl)cc(N4C[C@H]5C[C@@H]4CN5)c3)n2C)c(F)c1. The van der Waals surface area contributed by atoms with Crippen LogP contribution in [0.5, 0.6) is 11.5 Å². The topological polar surface area (TPSA) is 89.8 Å². The van der Waals surface area contributed by atoms with Crippen molar-refractivity contribution in [2.45, 2.75) is 25.1 Å². The zero-order valence-electron chi connectivity index (χ0n) is 23.4. The number of amides is 1. The van der Waals surface area contributed by atoms with Gasteiger partial charge in [0, 0.05) is 60.6 Å². The van der Waals surface area contributed by atoms with Crippen molar-refractivity contribution in [3.05, 3.63) is 87.2 Å². The molecule has 3 aromatic carbocycles. The third-order valence-corrected chi connectivity index (χ3v) is 8.05. The van der Waals surface area contributed by atoms with Gasteiger partial charge in [-0.05, 0) is 48.9 Å². The molecule has 0 radical (unpaired) electrons. The van der Waals surface area contributed by atoms with E-state index in [1.54, 1.807) is 12.1 Å². The molecule has 2 N–H and O–H groups in total. The Balaban J connectivity index is 1.47. The number of carbonyl (C=O) groups excluding carboxylic acids is 1. The molecule has 44 heavy (non-hydrogen) atoms. The fraction of sp³-hybridized carbons (Fsp3) is 0.267. The molecular formula is C30H26ClF4N5O4. The Bertz CT molecular complexity index is 1790. The fourth-order valence-corrected chi connectivity index (χ4v) is 6.11. The van der Waals surface area contributed by atoms with Crippen LogP contribution in [-0.4, -0.2) is 54.2 Å². The molecule has 14 heteroatoms. The first kappa shape index (κ1) is 29.6. The van der Waals surface area contributed by atoms with Gasteiger partial charge in [0.05, 0.1) is 18.4 Å². The van der Waals surface area contributed by atoms with Gasteiger partial charge in [-0.15, -0.1) is 0 Å². The zero-order valence-corrected chi connectivity index (χ0v) is 24.2. The molecule has 4 aromatic rings. The number of nitrogens with zero attached hydrogens (tertiary/aromatic N) is 3. The highest BCUT2D eigenvalue weighted by Crippen LogP contribution is 2.36. The van der Waals surface area contributed by atoms with Gasteiger partial charge in [-0.1, -0.05) is 11.6 Å². The van der Waals surface area contributed by atoms with Crippen LogP contribution in [0, 0.1) is 11.6 Å². The van der Waals surface area contributed by atoms with E-state index in [4.69, 9.17) is 16.3 Å². The molecule has 9 nitrogen and oxygen atoms in total. The van der Waals surface area contributed by atoms with E-state index in [0.717, 1.165) is 54.1 Å². The summed E-state index contributed by atoms with van der Waals surface area (Å²) in [4.78, 5) is 29.5. The smallest absolute Gasteiger partial charge is 0.387 e. The molecule has 3 heterocycles. The molecule has 230 valence electrons. The molecule has 2 aliphatic rings. The molecule has 0 spiro atoms. The summed E-state index contributed by atoms with van der Waals surface area (Å²) >= 11 is 6.51. The van der Waals surface area contributed by atoms with E-state index in [0.29, 0.717) is 16.8 Å². The number of nitrogens with one attached hydrogen (secondary N) is 2. The van der Waals surface area contributed by atoms with Crippen molar-refractivity contribution in [2.75, 3.05) is 30.4 Å². The number of hydrogen-bond donors (Lipinski definition) is 2. The zero-order chi connectivity index (χ0) is 31.3. The van der Waals surface area contributed by atoms with Crippen molar-refractivity contribution < 1.29 is 31.8 Å². The summed E-state index contributed by atoms with van der Waals surface area (Å²) in [5.41, 5.74) is -0.990. The minimum atomic E-state index is -3.06. The number of alkyl halides is 2. The Morgan fingerprint density at radius 2 is 1.73 bits per heavy atom. The highest BCUT2D eigenvalue weighted by molar-refractivity contribution is 6.31. The van der Waals surface area contributed by atoms with Crippen LogP contribution in [-0.2, 0) is 7.05 Å². The summed E-state index contributed by atoms with van der Waals surface area (Å²) in [6, 6.07) is 12.3. The van der Waals surface area contributed by atoms with Crippen molar-refractivity contribution in [2.24, 2.45) is 7.05 Å². The summed E-state index contributed by atoms with van der Waals surface area (Å²) in [5.74, 6) is -3.16. The molecule has 6 rings (SSSR count). The fourth-order valence-electron chi connectivity index (χ4n) is 5.89. The Hall–Kier alpha value is -4.49. The van der Waals surface area contributed by atoms with Gasteiger partial charge < -0.3 is 25.0 Å². The van der Waals surface area contributed by atoms with Crippen molar-refractivity contribution >= 4 is 28.9 Å². The molecule has 2 atom stereocenters. The lowest BCUT2D eigenvalue weighted by molar-refractivity contribution is -0.0498. The number of ether oxygens (including phenoxy) is 2. The summed E-state index contributed by atoms with van der Waals surface area (Å²) < 4.78 is 67.7. The molecule has 1 aromatic heterocycles. The van der Waals surface area contributed by atoms with Crippen LogP contribution < -0.4 is 30.6 Å². The van der Waals surface area contributed by atoms with Crippen molar-refractivity contribution in [3.8, 4) is 28.4 Å². The first-order valence-electron chi connectivity index (χ1n) is 13.6. The minimum Gasteiger partial charge on any atom is -0.497 e. The molecule has 0 unspecified atom stereocenters. The van der Waals surface area contributed by atoms with Crippen LogP contribution in [0.1, 0.15) is 16.8 Å². The van der Waals surface area contributed by atoms with Gasteiger partial charge in [0.2, 0.25) is 0 Å². The predicted molar refractivity (Wildman–Crippen MR) is 156 cm³/mol. The average molecular weight is 632 g/mol. The summed E-state index contributed by atoms with van der Waals surface area (Å²) in [6.07, 6.45) is 0.970. The van der Waals surface area contributed by atoms with Gasteiger partial charge in [0.25, 0.3) is 11.5 Å². The van der Waals surface area contributed by atoms with Gasteiger partial charge in [0.15, 0.2) is 0 Å². The lowest BCUT2D eigenvalue weighted by Crippen LogP contribution is -2.43. The van der Waals surface area contributed by atoms with Crippen molar-refractivity contribution in [1.82, 2.24) is 14.7 Å². The summed E-state index contributed by atoms with van der Waals surface area (Å²) in [5, 5.41) is 6.24. The van der Waals surface area contributed by atoms with Crippen molar-refractivity contribution in [3.63, 3.8) is 0 Å². The van der Waals surface area contributed by atoms with E-state index in [1.165, 1.54) is 37.0 Å². The standard InChI is InChI=1S/C30H26ClF4N5O4/c1-38-27(25-23(32)11-22(43-2)12-24(25)33)26(37-28(41)15-3-5-21(6-4-15)44-30(34)35)29(42)40(38)19-8-16(31)7-18(10-19)39-14-17-9-20(39)13-36-17/h3-8,10-12,17,20,30,36H,9,13-14H2,1-2H3,(H,37,41)/t17-,20-/m1/s1. The highest BCUT2D eigenvalue weighted by atomic mass is 35.5. The Morgan fingerprint density at radius 1 is 1.05 bits per heavy atom. The average Bonchev–Trinajstić information content (AvgIpc) is 3.67. The monoisotopic (exact) mass is 631 g/mol. The molecule has 2 aliphatic heterocycles. The van der Waals surface area contributed by atoms with Gasteiger partial charge in [-0.3, -0.25) is 14.3 Å². The normalized spacial score (nSPS) is 17.4. The van der Waals surface area contributed by atoms with E-state index >= 15 is 8.78 Å². The maximum absolute atomic E-state index is 15.4. The number of methoxy groups -OCH3 is 1. The van der Waals surface area contributed by atoms with E-state index in [9.17, 15) is 18.4 Å².